The molecule has 1 aliphatic rings. The molecule has 176 valence electrons. The van der Waals surface area contributed by atoms with E-state index < -0.39 is 0 Å². The summed E-state index contributed by atoms with van der Waals surface area (Å²) in [6.07, 6.45) is 5.10. The normalized spacial score (nSPS) is 18.8. The number of piperidine rings is 1. The molecule has 0 spiro atoms. The molecular weight excluding hydrogens is 442 g/mol. The number of halogens is 1. The summed E-state index contributed by atoms with van der Waals surface area (Å²) in [7, 11) is 0. The minimum atomic E-state index is 0.390. The Morgan fingerprint density at radius 1 is 1.06 bits per heavy atom. The zero-order chi connectivity index (χ0) is 23.7. The Kier molecular flexibility index (Phi) is 6.66. The molecule has 3 heterocycles. The molecule has 3 atom stereocenters. The van der Waals surface area contributed by atoms with Crippen LogP contribution in [0.15, 0.2) is 60.9 Å². The van der Waals surface area contributed by atoms with E-state index in [1.54, 1.807) is 6.33 Å². The van der Waals surface area contributed by atoms with Crippen LogP contribution in [0.1, 0.15) is 62.0 Å². The number of aryl methyl sites for hydroxylation is 1. The summed E-state index contributed by atoms with van der Waals surface area (Å²) >= 11 is 6.08. The second-order valence-corrected chi connectivity index (χ2v) is 10.0. The quantitative estimate of drug-likeness (QED) is 0.312. The van der Waals surface area contributed by atoms with Crippen molar-refractivity contribution in [3.8, 4) is 11.1 Å². The van der Waals surface area contributed by atoms with Crippen LogP contribution in [-0.2, 0) is 0 Å². The van der Waals surface area contributed by atoms with Gasteiger partial charge < -0.3 is 0 Å². The summed E-state index contributed by atoms with van der Waals surface area (Å²) in [5, 5.41) is 5.24. The number of benzene rings is 2. The summed E-state index contributed by atoms with van der Waals surface area (Å²) < 4.78 is 1.93. The highest BCUT2D eigenvalue weighted by molar-refractivity contribution is 6.30. The Hall–Kier alpha value is -2.76. The molecule has 0 bridgehead atoms. The topological polar surface area (TPSA) is 46.3 Å². The fourth-order valence-corrected chi connectivity index (χ4v) is 5.51. The second-order valence-electron chi connectivity index (χ2n) is 9.59. The van der Waals surface area contributed by atoms with Crippen LogP contribution in [0.2, 0.25) is 5.02 Å². The van der Waals surface area contributed by atoms with Crippen molar-refractivity contribution in [2.45, 2.75) is 52.0 Å². The molecule has 2 aromatic heterocycles. The minimum Gasteiger partial charge on any atom is -0.295 e. The second kappa shape index (κ2) is 9.85. The van der Waals surface area contributed by atoms with Crippen molar-refractivity contribution in [2.75, 3.05) is 13.1 Å². The molecular formula is C28H32ClN5. The highest BCUT2D eigenvalue weighted by atomic mass is 35.5. The lowest BCUT2D eigenvalue weighted by atomic mass is 9.86. The summed E-state index contributed by atoms with van der Waals surface area (Å²) in [6.45, 7) is 8.87. The van der Waals surface area contributed by atoms with Gasteiger partial charge in [-0.3, -0.25) is 4.90 Å². The van der Waals surface area contributed by atoms with Gasteiger partial charge in [-0.2, -0.15) is 10.1 Å². The van der Waals surface area contributed by atoms with Gasteiger partial charge in [0, 0.05) is 29.2 Å². The molecule has 4 aromatic rings. The highest BCUT2D eigenvalue weighted by Crippen LogP contribution is 2.37. The summed E-state index contributed by atoms with van der Waals surface area (Å²) in [6, 6.07) is 19.8. The third-order valence-corrected chi connectivity index (χ3v) is 7.54. The van der Waals surface area contributed by atoms with Crippen molar-refractivity contribution in [1.29, 1.82) is 0 Å². The molecule has 0 aliphatic carbocycles. The van der Waals surface area contributed by atoms with Gasteiger partial charge >= 0.3 is 0 Å². The maximum Gasteiger partial charge on any atom is 0.252 e. The van der Waals surface area contributed by atoms with Crippen LogP contribution in [-0.4, -0.2) is 37.6 Å². The molecule has 0 radical (unpaired) electrons. The molecule has 1 saturated heterocycles. The van der Waals surface area contributed by atoms with Crippen LogP contribution < -0.4 is 0 Å². The maximum absolute atomic E-state index is 6.08. The lowest BCUT2D eigenvalue weighted by Crippen LogP contribution is -2.40. The number of hydrogen-bond acceptors (Lipinski definition) is 4. The fraction of sp³-hybridized carbons (Fsp3) is 0.393. The van der Waals surface area contributed by atoms with Crippen LogP contribution in [0.25, 0.3) is 16.9 Å². The summed E-state index contributed by atoms with van der Waals surface area (Å²) in [5.74, 6) is 1.67. The number of rotatable bonds is 6. The van der Waals surface area contributed by atoms with Gasteiger partial charge in [-0.25, -0.2) is 9.50 Å². The molecule has 1 aliphatic heterocycles. The third kappa shape index (κ3) is 4.59. The molecule has 34 heavy (non-hydrogen) atoms. The van der Waals surface area contributed by atoms with Crippen molar-refractivity contribution in [3.63, 3.8) is 0 Å². The van der Waals surface area contributed by atoms with Crippen LogP contribution in [0.3, 0.4) is 0 Å². The first-order valence-corrected chi connectivity index (χ1v) is 12.7. The van der Waals surface area contributed by atoms with E-state index in [0.717, 1.165) is 36.6 Å². The van der Waals surface area contributed by atoms with Crippen molar-refractivity contribution in [2.24, 2.45) is 5.92 Å². The molecule has 3 unspecified atom stereocenters. The van der Waals surface area contributed by atoms with E-state index in [1.807, 2.05) is 23.6 Å². The molecule has 5 rings (SSSR count). The predicted octanol–water partition coefficient (Wildman–Crippen LogP) is 6.72. The van der Waals surface area contributed by atoms with Gasteiger partial charge in [0.2, 0.25) is 0 Å². The number of hydrogen-bond donors (Lipinski definition) is 0. The van der Waals surface area contributed by atoms with E-state index in [0.29, 0.717) is 23.7 Å². The van der Waals surface area contributed by atoms with E-state index in [4.69, 9.17) is 11.6 Å². The van der Waals surface area contributed by atoms with Gasteiger partial charge in [0.25, 0.3) is 5.78 Å². The lowest BCUT2D eigenvalue weighted by Gasteiger charge is -2.41. The predicted molar refractivity (Wildman–Crippen MR) is 138 cm³/mol. The van der Waals surface area contributed by atoms with Gasteiger partial charge in [0.1, 0.15) is 6.33 Å². The molecule has 0 N–H and O–H groups in total. The summed E-state index contributed by atoms with van der Waals surface area (Å²) in [4.78, 5) is 11.6. The van der Waals surface area contributed by atoms with Gasteiger partial charge in [-0.1, -0.05) is 68.3 Å². The van der Waals surface area contributed by atoms with Crippen LogP contribution >= 0.6 is 11.6 Å². The van der Waals surface area contributed by atoms with Gasteiger partial charge in [0.05, 0.1) is 5.69 Å². The first kappa shape index (κ1) is 23.0. The van der Waals surface area contributed by atoms with Crippen LogP contribution in [0, 0.1) is 12.8 Å². The maximum atomic E-state index is 6.08. The number of nitrogens with zero attached hydrogens (tertiary/aromatic N) is 5. The number of likely N-dealkylation sites (tertiary alicyclic amines) is 1. The van der Waals surface area contributed by atoms with Crippen molar-refractivity contribution in [1.82, 2.24) is 24.5 Å². The standard InChI is InChI=1S/C28H32ClN5/c1-4-19(2)27(23-9-7-21(8-10-23)22-11-13-25(29)14-12-22)33-15-5-6-24(17-33)26-16-20(3)32-28-30-18-31-34(26)28/h7-14,16,18-19,24,27H,4-6,15,17H2,1-3H3. The molecule has 1 fully saturated rings. The van der Waals surface area contributed by atoms with Gasteiger partial charge in [-0.05, 0) is 67.1 Å². The van der Waals surface area contributed by atoms with Crippen LogP contribution in [0.4, 0.5) is 0 Å². The first-order valence-electron chi connectivity index (χ1n) is 12.3. The molecule has 2 aromatic carbocycles. The molecule has 0 saturated carbocycles. The van der Waals surface area contributed by atoms with Crippen molar-refractivity contribution < 1.29 is 0 Å². The Labute approximate surface area is 206 Å². The Bertz CT molecular complexity index is 1250. The van der Waals surface area contributed by atoms with E-state index in [-0.39, 0.29) is 0 Å². The van der Waals surface area contributed by atoms with Gasteiger partial charge in [-0.15, -0.1) is 0 Å². The van der Waals surface area contributed by atoms with Crippen molar-refractivity contribution >= 4 is 17.4 Å². The largest absolute Gasteiger partial charge is 0.295 e. The van der Waals surface area contributed by atoms with E-state index >= 15 is 0 Å². The number of fused-ring (bicyclic) bond motifs is 1. The SMILES string of the molecule is CCC(C)C(c1ccc(-c2ccc(Cl)cc2)cc1)N1CCCC(c2cc(C)nc3ncnn23)C1. The monoisotopic (exact) mass is 473 g/mol. The average molecular weight is 474 g/mol. The lowest BCUT2D eigenvalue weighted by molar-refractivity contribution is 0.107. The third-order valence-electron chi connectivity index (χ3n) is 7.28. The Balaban J connectivity index is 1.43. The van der Waals surface area contributed by atoms with Crippen LogP contribution in [0.5, 0.6) is 0 Å². The van der Waals surface area contributed by atoms with E-state index in [1.165, 1.54) is 28.8 Å². The van der Waals surface area contributed by atoms with E-state index in [9.17, 15) is 0 Å². The first-order chi connectivity index (χ1) is 16.5. The summed E-state index contributed by atoms with van der Waals surface area (Å²) in [5.41, 5.74) is 6.04. The molecule has 6 heteroatoms. The zero-order valence-electron chi connectivity index (χ0n) is 20.2. The number of aromatic nitrogens is 4. The molecule has 0 amide bonds. The smallest absolute Gasteiger partial charge is 0.252 e. The average Bonchev–Trinajstić information content (AvgIpc) is 3.33. The zero-order valence-corrected chi connectivity index (χ0v) is 20.9. The van der Waals surface area contributed by atoms with E-state index in [2.05, 4.69) is 76.3 Å². The van der Waals surface area contributed by atoms with Gasteiger partial charge in [0.15, 0.2) is 0 Å². The highest BCUT2D eigenvalue weighted by Gasteiger charge is 2.31. The Morgan fingerprint density at radius 3 is 2.47 bits per heavy atom. The van der Waals surface area contributed by atoms with Crippen molar-refractivity contribution in [3.05, 3.63) is 82.9 Å². The molecule has 5 nitrogen and oxygen atoms in total. The Morgan fingerprint density at radius 2 is 1.76 bits per heavy atom. The minimum absolute atomic E-state index is 0.390. The fourth-order valence-electron chi connectivity index (χ4n) is 5.39.